The van der Waals surface area contributed by atoms with Crippen LogP contribution in [-0.2, 0) is 7.05 Å². The lowest BCUT2D eigenvalue weighted by Crippen LogP contribution is -2.40. The molecule has 2 bridgehead atoms. The van der Waals surface area contributed by atoms with Gasteiger partial charge in [0.2, 0.25) is 0 Å². The Labute approximate surface area is 151 Å². The van der Waals surface area contributed by atoms with Crippen LogP contribution in [0.4, 0.5) is 0 Å². The molecule has 0 aromatic carbocycles. The number of aryl methyl sites for hydroxylation is 2. The number of carbonyl (C=O) groups is 1. The van der Waals surface area contributed by atoms with Crippen LogP contribution in [0.2, 0.25) is 0 Å². The van der Waals surface area contributed by atoms with Gasteiger partial charge in [-0.05, 0) is 63.4 Å². The van der Waals surface area contributed by atoms with Gasteiger partial charge in [0.05, 0.1) is 10.3 Å². The third-order valence-corrected chi connectivity index (χ3v) is 7.58. The van der Waals surface area contributed by atoms with E-state index in [9.17, 15) is 9.59 Å². The summed E-state index contributed by atoms with van der Waals surface area (Å²) >= 11 is 1.33. The monoisotopic (exact) mass is 359 g/mol. The average Bonchev–Trinajstić information content (AvgIpc) is 3.27. The highest BCUT2D eigenvalue weighted by atomic mass is 32.1. The second-order valence-corrected chi connectivity index (χ2v) is 8.86. The highest BCUT2D eigenvalue weighted by Crippen LogP contribution is 2.49. The third kappa shape index (κ3) is 2.62. The summed E-state index contributed by atoms with van der Waals surface area (Å²) in [5.41, 5.74) is 0.683. The molecule has 4 rings (SSSR count). The van der Waals surface area contributed by atoms with Gasteiger partial charge in [-0.2, -0.15) is 0 Å². The summed E-state index contributed by atoms with van der Waals surface area (Å²) in [7, 11) is 1.72. The van der Waals surface area contributed by atoms with Crippen LogP contribution in [0.1, 0.15) is 53.7 Å². The number of aromatic nitrogens is 2. The van der Waals surface area contributed by atoms with Crippen LogP contribution in [-0.4, -0.2) is 21.5 Å². The normalized spacial score (nSPS) is 26.3. The van der Waals surface area contributed by atoms with E-state index in [1.165, 1.54) is 37.0 Å². The van der Waals surface area contributed by atoms with Crippen molar-refractivity contribution >= 4 is 27.5 Å². The summed E-state index contributed by atoms with van der Waals surface area (Å²) in [6.07, 6.45) is 5.27. The first kappa shape index (κ1) is 16.8. The molecule has 0 spiro atoms. The fraction of sp³-hybridized carbons (Fsp3) is 0.632. The van der Waals surface area contributed by atoms with Gasteiger partial charge in [-0.25, -0.2) is 4.98 Å². The van der Waals surface area contributed by atoms with Crippen molar-refractivity contribution in [1.82, 2.24) is 14.9 Å². The summed E-state index contributed by atoms with van der Waals surface area (Å²) in [5.74, 6) is 2.86. The molecule has 25 heavy (non-hydrogen) atoms. The van der Waals surface area contributed by atoms with Crippen LogP contribution in [0, 0.1) is 31.6 Å². The van der Waals surface area contributed by atoms with Gasteiger partial charge in [0, 0.05) is 13.1 Å². The zero-order chi connectivity index (χ0) is 17.9. The van der Waals surface area contributed by atoms with Crippen molar-refractivity contribution in [3.05, 3.63) is 26.6 Å². The van der Waals surface area contributed by atoms with E-state index in [4.69, 9.17) is 0 Å². The predicted octanol–water partition coefficient (Wildman–Crippen LogP) is 3.17. The molecule has 0 radical (unpaired) electrons. The average molecular weight is 359 g/mol. The van der Waals surface area contributed by atoms with Crippen LogP contribution in [0.25, 0.3) is 10.2 Å². The number of fused-ring (bicyclic) bond motifs is 3. The molecule has 1 N–H and O–H groups in total. The second-order valence-electron chi connectivity index (χ2n) is 7.86. The van der Waals surface area contributed by atoms with E-state index in [-0.39, 0.29) is 17.5 Å². The Hall–Kier alpha value is -1.69. The number of nitrogens with one attached hydrogen (secondary N) is 1. The SMILES string of the molecule is Cc1c(C(=O)NC(C)C2CC3CCC2C3)sc2nc(C)n(C)c(=O)c12. The van der Waals surface area contributed by atoms with Crippen molar-refractivity contribution in [2.24, 2.45) is 24.8 Å². The molecule has 2 aromatic heterocycles. The Kier molecular flexibility index (Phi) is 3.98. The quantitative estimate of drug-likeness (QED) is 0.915. The molecule has 5 nitrogen and oxygen atoms in total. The first-order valence-electron chi connectivity index (χ1n) is 9.14. The molecule has 134 valence electrons. The van der Waals surface area contributed by atoms with E-state index in [0.29, 0.717) is 26.8 Å². The summed E-state index contributed by atoms with van der Waals surface area (Å²) in [6, 6.07) is 0.185. The van der Waals surface area contributed by atoms with Crippen LogP contribution >= 0.6 is 11.3 Å². The van der Waals surface area contributed by atoms with Crippen LogP contribution in [0.5, 0.6) is 0 Å². The number of rotatable bonds is 3. The molecule has 4 unspecified atom stereocenters. The first-order chi connectivity index (χ1) is 11.9. The largest absolute Gasteiger partial charge is 0.349 e. The maximum atomic E-state index is 12.9. The standard InChI is InChI=1S/C19H25N3O2S/c1-9-15-18(21-11(3)22(4)19(15)24)25-16(9)17(23)20-10(2)14-8-12-5-6-13(14)7-12/h10,12-14H,5-8H2,1-4H3,(H,20,23). The number of nitrogens with zero attached hydrogens (tertiary/aromatic N) is 2. The number of carbonyl (C=O) groups excluding carboxylic acids is 1. The Morgan fingerprint density at radius 3 is 2.72 bits per heavy atom. The van der Waals surface area contributed by atoms with Crippen molar-refractivity contribution in [2.75, 3.05) is 0 Å². The Morgan fingerprint density at radius 2 is 2.08 bits per heavy atom. The van der Waals surface area contributed by atoms with Gasteiger partial charge < -0.3 is 5.32 Å². The van der Waals surface area contributed by atoms with Crippen molar-refractivity contribution in [3.63, 3.8) is 0 Å². The van der Waals surface area contributed by atoms with E-state index < -0.39 is 0 Å². The van der Waals surface area contributed by atoms with Gasteiger partial charge >= 0.3 is 0 Å². The molecule has 6 heteroatoms. The fourth-order valence-electron chi connectivity index (χ4n) is 4.87. The molecule has 2 aromatic rings. The highest BCUT2D eigenvalue weighted by molar-refractivity contribution is 7.20. The summed E-state index contributed by atoms with van der Waals surface area (Å²) in [4.78, 5) is 31.2. The van der Waals surface area contributed by atoms with E-state index in [0.717, 1.165) is 17.4 Å². The number of amides is 1. The van der Waals surface area contributed by atoms with Crippen molar-refractivity contribution < 1.29 is 4.79 Å². The molecular weight excluding hydrogens is 334 g/mol. The van der Waals surface area contributed by atoms with Crippen molar-refractivity contribution in [1.29, 1.82) is 0 Å². The van der Waals surface area contributed by atoms with E-state index in [1.807, 2.05) is 13.8 Å². The van der Waals surface area contributed by atoms with Crippen LogP contribution in [0.15, 0.2) is 4.79 Å². The molecule has 1 amide bonds. The molecule has 2 saturated carbocycles. The van der Waals surface area contributed by atoms with E-state index in [2.05, 4.69) is 17.2 Å². The van der Waals surface area contributed by atoms with E-state index in [1.54, 1.807) is 11.6 Å². The molecule has 2 heterocycles. The van der Waals surface area contributed by atoms with Crippen LogP contribution in [0.3, 0.4) is 0 Å². The lowest BCUT2D eigenvalue weighted by Gasteiger charge is -2.28. The lowest BCUT2D eigenvalue weighted by molar-refractivity contribution is 0.0919. The molecular formula is C19H25N3O2S. The maximum absolute atomic E-state index is 12.9. The first-order valence-corrected chi connectivity index (χ1v) is 9.96. The highest BCUT2D eigenvalue weighted by Gasteiger charge is 2.42. The van der Waals surface area contributed by atoms with Crippen molar-refractivity contribution in [3.8, 4) is 0 Å². The van der Waals surface area contributed by atoms with E-state index >= 15 is 0 Å². The van der Waals surface area contributed by atoms with Gasteiger partial charge in [0.25, 0.3) is 11.5 Å². The summed E-state index contributed by atoms with van der Waals surface area (Å²) in [6.45, 7) is 5.80. The molecule has 0 aliphatic heterocycles. The minimum atomic E-state index is -0.0727. The fourth-order valence-corrected chi connectivity index (χ4v) is 5.99. The van der Waals surface area contributed by atoms with Gasteiger partial charge in [0.15, 0.2) is 0 Å². The second kappa shape index (κ2) is 5.94. The lowest BCUT2D eigenvalue weighted by atomic mass is 9.84. The van der Waals surface area contributed by atoms with Gasteiger partial charge in [-0.15, -0.1) is 11.3 Å². The topological polar surface area (TPSA) is 64.0 Å². The Bertz CT molecular complexity index is 914. The van der Waals surface area contributed by atoms with Crippen LogP contribution < -0.4 is 10.9 Å². The zero-order valence-corrected chi connectivity index (χ0v) is 16.1. The smallest absolute Gasteiger partial charge is 0.262 e. The number of thiophene rings is 1. The Balaban J connectivity index is 1.61. The summed E-state index contributed by atoms with van der Waals surface area (Å²) in [5, 5.41) is 3.79. The molecule has 2 aliphatic carbocycles. The molecule has 2 aliphatic rings. The van der Waals surface area contributed by atoms with Crippen molar-refractivity contribution in [2.45, 2.75) is 52.5 Å². The zero-order valence-electron chi connectivity index (χ0n) is 15.3. The minimum absolute atomic E-state index is 0.0597. The molecule has 0 saturated heterocycles. The minimum Gasteiger partial charge on any atom is -0.349 e. The van der Waals surface area contributed by atoms with Gasteiger partial charge in [-0.1, -0.05) is 6.42 Å². The molecule has 2 fully saturated rings. The third-order valence-electron chi connectivity index (χ3n) is 6.40. The molecule has 4 atom stereocenters. The van der Waals surface area contributed by atoms with Gasteiger partial charge in [-0.3, -0.25) is 14.2 Å². The Morgan fingerprint density at radius 1 is 1.32 bits per heavy atom. The number of hydrogen-bond acceptors (Lipinski definition) is 4. The maximum Gasteiger partial charge on any atom is 0.262 e. The number of hydrogen-bond donors (Lipinski definition) is 1. The summed E-state index contributed by atoms with van der Waals surface area (Å²) < 4.78 is 1.54. The van der Waals surface area contributed by atoms with Gasteiger partial charge in [0.1, 0.15) is 10.7 Å². The predicted molar refractivity (Wildman–Crippen MR) is 100 cm³/mol.